The van der Waals surface area contributed by atoms with Crippen LogP contribution in [0.2, 0.25) is 0 Å². The van der Waals surface area contributed by atoms with Gasteiger partial charge in [-0.15, -0.1) is 0 Å². The zero-order valence-corrected chi connectivity index (χ0v) is 8.46. The Bertz CT molecular complexity index is 231. The number of rotatable bonds is 1. The predicted molar refractivity (Wildman–Crippen MR) is 53.4 cm³/mol. The maximum atomic E-state index is 2.27. The van der Waals surface area contributed by atoms with Crippen molar-refractivity contribution in [3.8, 4) is 0 Å². The van der Waals surface area contributed by atoms with Gasteiger partial charge in [-0.2, -0.15) is 0 Å². The fourth-order valence-electron chi connectivity index (χ4n) is 1.44. The molecule has 0 aliphatic rings. The highest BCUT2D eigenvalue weighted by atomic mass is 32.2. The average Bonchev–Trinajstić information content (AvgIpc) is 1.85. The molecule has 0 heterocycles. The first-order chi connectivity index (χ1) is 5.13. The average molecular weight is 167 g/mol. The van der Waals surface area contributed by atoms with E-state index >= 15 is 0 Å². The molecule has 0 atom stereocenters. The summed E-state index contributed by atoms with van der Waals surface area (Å²) in [4.78, 5) is 1.53. The molecule has 1 aromatic carbocycles. The van der Waals surface area contributed by atoms with Gasteiger partial charge in [0.2, 0.25) is 0 Å². The van der Waals surface area contributed by atoms with Crippen molar-refractivity contribution in [1.82, 2.24) is 0 Å². The Morgan fingerprint density at radius 3 is 1.73 bits per heavy atom. The summed E-state index contributed by atoms with van der Waals surface area (Å²) >= 11 is 0. The molecule has 1 heteroatoms. The molecular formula is C10H15S+. The van der Waals surface area contributed by atoms with Crippen LogP contribution in [0.15, 0.2) is 23.1 Å². The van der Waals surface area contributed by atoms with Crippen LogP contribution < -0.4 is 0 Å². The highest BCUT2D eigenvalue weighted by Crippen LogP contribution is 2.18. The van der Waals surface area contributed by atoms with Crippen LogP contribution in [0, 0.1) is 13.8 Å². The smallest absolute Gasteiger partial charge is 0.0614 e. The molecule has 0 saturated carbocycles. The Kier molecular flexibility index (Phi) is 2.61. The van der Waals surface area contributed by atoms with Crippen LogP contribution in [0.4, 0.5) is 0 Å². The van der Waals surface area contributed by atoms with E-state index in [1.807, 2.05) is 0 Å². The second-order valence-electron chi connectivity index (χ2n) is 3.04. The molecule has 0 N–H and O–H groups in total. The third-order valence-corrected chi connectivity index (χ3v) is 3.28. The summed E-state index contributed by atoms with van der Waals surface area (Å²) in [6.07, 6.45) is 4.55. The normalized spacial score (nSPS) is 10.6. The zero-order chi connectivity index (χ0) is 8.43. The second kappa shape index (κ2) is 3.31. The Hall–Kier alpha value is -0.430. The number of benzene rings is 1. The third-order valence-electron chi connectivity index (χ3n) is 1.82. The molecule has 0 aliphatic carbocycles. The molecule has 0 saturated heterocycles. The maximum Gasteiger partial charge on any atom is 0.160 e. The molecule has 0 unspecified atom stereocenters. The first-order valence-electron chi connectivity index (χ1n) is 3.76. The standard InChI is InChI=1S/C10H15S/c1-8-6-5-7-9(2)10(8)11(3)4/h5-7H,1-4H3/q+1. The van der Waals surface area contributed by atoms with Crippen molar-refractivity contribution in [2.75, 3.05) is 12.5 Å². The summed E-state index contributed by atoms with van der Waals surface area (Å²) in [7, 11) is 0.398. The predicted octanol–water partition coefficient (Wildman–Crippen LogP) is 2.54. The van der Waals surface area contributed by atoms with Gasteiger partial charge >= 0.3 is 0 Å². The Morgan fingerprint density at radius 1 is 1.00 bits per heavy atom. The monoisotopic (exact) mass is 167 g/mol. The van der Waals surface area contributed by atoms with Gasteiger partial charge in [-0.1, -0.05) is 18.2 Å². The van der Waals surface area contributed by atoms with Crippen molar-refractivity contribution < 1.29 is 0 Å². The van der Waals surface area contributed by atoms with E-state index in [2.05, 4.69) is 44.6 Å². The van der Waals surface area contributed by atoms with Gasteiger partial charge in [0.15, 0.2) is 4.90 Å². The van der Waals surface area contributed by atoms with Crippen LogP contribution >= 0.6 is 0 Å². The van der Waals surface area contributed by atoms with Gasteiger partial charge in [-0.25, -0.2) is 0 Å². The highest BCUT2D eigenvalue weighted by Gasteiger charge is 2.13. The van der Waals surface area contributed by atoms with Crippen molar-refractivity contribution in [3.63, 3.8) is 0 Å². The molecule has 0 fully saturated rings. The van der Waals surface area contributed by atoms with E-state index in [0.29, 0.717) is 10.9 Å². The largest absolute Gasteiger partial charge is 0.160 e. The number of hydrogen-bond acceptors (Lipinski definition) is 0. The molecule has 0 amide bonds. The Morgan fingerprint density at radius 2 is 1.45 bits per heavy atom. The topological polar surface area (TPSA) is 0 Å². The zero-order valence-electron chi connectivity index (χ0n) is 7.64. The lowest BCUT2D eigenvalue weighted by molar-refractivity contribution is 1.21. The van der Waals surface area contributed by atoms with Gasteiger partial charge < -0.3 is 0 Å². The van der Waals surface area contributed by atoms with Crippen LogP contribution in [0.5, 0.6) is 0 Å². The van der Waals surface area contributed by atoms with Gasteiger partial charge in [0.1, 0.15) is 12.5 Å². The molecule has 0 aliphatic heterocycles. The van der Waals surface area contributed by atoms with Gasteiger partial charge in [-0.05, 0) is 13.8 Å². The molecule has 11 heavy (non-hydrogen) atoms. The number of hydrogen-bond donors (Lipinski definition) is 0. The summed E-state index contributed by atoms with van der Waals surface area (Å²) in [6.45, 7) is 4.38. The van der Waals surface area contributed by atoms with E-state index in [1.165, 1.54) is 16.0 Å². The van der Waals surface area contributed by atoms with E-state index < -0.39 is 0 Å². The molecular weight excluding hydrogens is 152 g/mol. The van der Waals surface area contributed by atoms with Gasteiger partial charge in [0.25, 0.3) is 0 Å². The Balaban J connectivity index is 3.21. The molecule has 0 radical (unpaired) electrons. The molecule has 1 aromatic rings. The minimum atomic E-state index is 0.398. The summed E-state index contributed by atoms with van der Waals surface area (Å²) in [5.74, 6) is 0. The van der Waals surface area contributed by atoms with E-state index in [0.717, 1.165) is 0 Å². The molecule has 0 bridgehead atoms. The summed E-state index contributed by atoms with van der Waals surface area (Å²) < 4.78 is 0. The lowest BCUT2D eigenvalue weighted by atomic mass is 10.2. The van der Waals surface area contributed by atoms with Crippen molar-refractivity contribution in [2.24, 2.45) is 0 Å². The molecule has 0 nitrogen and oxygen atoms in total. The van der Waals surface area contributed by atoms with Crippen LogP contribution in [0.25, 0.3) is 0 Å². The molecule has 0 spiro atoms. The SMILES string of the molecule is Cc1cccc(C)c1[S+](C)C. The fourth-order valence-corrected chi connectivity index (χ4v) is 2.87. The van der Waals surface area contributed by atoms with Gasteiger partial charge in [-0.3, -0.25) is 0 Å². The van der Waals surface area contributed by atoms with E-state index in [-0.39, 0.29) is 0 Å². The van der Waals surface area contributed by atoms with Gasteiger partial charge in [0, 0.05) is 22.0 Å². The van der Waals surface area contributed by atoms with Crippen molar-refractivity contribution in [1.29, 1.82) is 0 Å². The lowest BCUT2D eigenvalue weighted by Gasteiger charge is -2.03. The van der Waals surface area contributed by atoms with Crippen LogP contribution in [0.3, 0.4) is 0 Å². The first-order valence-corrected chi connectivity index (χ1v) is 5.81. The first kappa shape index (κ1) is 8.66. The van der Waals surface area contributed by atoms with Crippen LogP contribution in [-0.2, 0) is 10.9 Å². The van der Waals surface area contributed by atoms with E-state index in [9.17, 15) is 0 Å². The van der Waals surface area contributed by atoms with Crippen LogP contribution in [-0.4, -0.2) is 12.5 Å². The minimum absolute atomic E-state index is 0.398. The van der Waals surface area contributed by atoms with Gasteiger partial charge in [0.05, 0.1) is 0 Å². The summed E-state index contributed by atoms with van der Waals surface area (Å²) in [5.41, 5.74) is 2.86. The van der Waals surface area contributed by atoms with Crippen molar-refractivity contribution >= 4 is 10.9 Å². The maximum absolute atomic E-state index is 2.27. The van der Waals surface area contributed by atoms with Crippen molar-refractivity contribution in [3.05, 3.63) is 29.3 Å². The lowest BCUT2D eigenvalue weighted by Crippen LogP contribution is -2.01. The molecule has 1 rings (SSSR count). The molecule has 0 aromatic heterocycles. The van der Waals surface area contributed by atoms with Crippen LogP contribution in [0.1, 0.15) is 11.1 Å². The fraction of sp³-hybridized carbons (Fsp3) is 0.400. The quantitative estimate of drug-likeness (QED) is 0.564. The second-order valence-corrected chi connectivity index (χ2v) is 5.08. The highest BCUT2D eigenvalue weighted by molar-refractivity contribution is 7.95. The third kappa shape index (κ3) is 1.78. The summed E-state index contributed by atoms with van der Waals surface area (Å²) in [6, 6.07) is 6.51. The van der Waals surface area contributed by atoms with Crippen molar-refractivity contribution in [2.45, 2.75) is 18.7 Å². The molecule has 60 valence electrons. The number of aryl methyl sites for hydroxylation is 2. The van der Waals surface area contributed by atoms with E-state index in [1.54, 1.807) is 0 Å². The van der Waals surface area contributed by atoms with E-state index in [4.69, 9.17) is 0 Å². The summed E-state index contributed by atoms with van der Waals surface area (Å²) in [5, 5.41) is 0. The Labute approximate surface area is 72.0 Å². The minimum Gasteiger partial charge on any atom is -0.0614 e.